The minimum absolute atomic E-state index is 0.00450. The van der Waals surface area contributed by atoms with Crippen molar-refractivity contribution in [2.75, 3.05) is 6.54 Å². The summed E-state index contributed by atoms with van der Waals surface area (Å²) in [6, 6.07) is 1.86. The van der Waals surface area contributed by atoms with Crippen LogP contribution in [-0.4, -0.2) is 33.6 Å². The van der Waals surface area contributed by atoms with Crippen LogP contribution in [0.1, 0.15) is 117 Å². The molecule has 206 valence electrons. The summed E-state index contributed by atoms with van der Waals surface area (Å²) in [7, 11) is 0. The van der Waals surface area contributed by atoms with Crippen LogP contribution in [0.4, 0.5) is 0 Å². The third-order valence-corrected chi connectivity index (χ3v) is 10.6. The van der Waals surface area contributed by atoms with Crippen molar-refractivity contribution >= 4 is 5.91 Å². The molecule has 0 bridgehead atoms. The molecule has 1 heterocycles. The molecule has 2 saturated carbocycles. The van der Waals surface area contributed by atoms with Crippen LogP contribution >= 0.6 is 0 Å². The number of fused-ring (bicyclic) bond motifs is 3. The van der Waals surface area contributed by atoms with Crippen LogP contribution in [0.25, 0.3) is 0 Å². The average Bonchev–Trinajstić information content (AvgIpc) is 2.88. The molecule has 1 aromatic rings. The summed E-state index contributed by atoms with van der Waals surface area (Å²) in [6.45, 7) is 10.2. The number of aryl methyl sites for hydroxylation is 1. The van der Waals surface area contributed by atoms with Gasteiger partial charge < -0.3 is 10.4 Å². The van der Waals surface area contributed by atoms with Gasteiger partial charge in [0, 0.05) is 31.8 Å². The highest BCUT2D eigenvalue weighted by molar-refractivity contribution is 5.76. The van der Waals surface area contributed by atoms with E-state index in [4.69, 9.17) is 0 Å². The smallest absolute Gasteiger partial charge is 0.220 e. The van der Waals surface area contributed by atoms with E-state index in [1.54, 1.807) is 11.1 Å². The Bertz CT molecular complexity index is 927. The van der Waals surface area contributed by atoms with Crippen molar-refractivity contribution in [3.63, 3.8) is 0 Å². The summed E-state index contributed by atoms with van der Waals surface area (Å²) in [4.78, 5) is 21.2. The zero-order valence-corrected chi connectivity index (χ0v) is 23.9. The van der Waals surface area contributed by atoms with Gasteiger partial charge in [-0.3, -0.25) is 4.79 Å². The van der Waals surface area contributed by atoms with Crippen LogP contribution in [-0.2, 0) is 11.2 Å². The van der Waals surface area contributed by atoms with Crippen molar-refractivity contribution in [1.29, 1.82) is 0 Å². The maximum absolute atomic E-state index is 12.7. The molecule has 0 aromatic carbocycles. The zero-order valence-electron chi connectivity index (χ0n) is 23.9. The summed E-state index contributed by atoms with van der Waals surface area (Å²) in [5.41, 5.74) is 3.46. The SMILES string of the molecule is CC1=C(CCC(=O)NCCCCCCCc2ncccn2)C2CCC3C(C)(C)[C@@H](O)CC[C@]3(C)C2CC1. The van der Waals surface area contributed by atoms with E-state index in [2.05, 4.69) is 43.0 Å². The Labute approximate surface area is 225 Å². The van der Waals surface area contributed by atoms with Crippen LogP contribution in [0.5, 0.6) is 0 Å². The van der Waals surface area contributed by atoms with E-state index in [1.807, 2.05) is 18.5 Å². The predicted molar refractivity (Wildman–Crippen MR) is 150 cm³/mol. The van der Waals surface area contributed by atoms with Gasteiger partial charge in [-0.05, 0) is 99.4 Å². The lowest BCUT2D eigenvalue weighted by Crippen LogP contribution is -2.56. The minimum atomic E-state index is -0.171. The fourth-order valence-corrected chi connectivity index (χ4v) is 8.39. The van der Waals surface area contributed by atoms with E-state index >= 15 is 0 Å². The van der Waals surface area contributed by atoms with Gasteiger partial charge in [0.1, 0.15) is 5.82 Å². The van der Waals surface area contributed by atoms with E-state index in [1.165, 1.54) is 38.5 Å². The fourth-order valence-electron chi connectivity index (χ4n) is 8.39. The fraction of sp³-hybridized carbons (Fsp3) is 0.781. The quantitative estimate of drug-likeness (QED) is 0.254. The molecule has 5 nitrogen and oxygen atoms in total. The van der Waals surface area contributed by atoms with Gasteiger partial charge in [-0.15, -0.1) is 0 Å². The number of nitrogens with zero attached hydrogens (tertiary/aromatic N) is 2. The number of carbonyl (C=O) groups excluding carboxylic acids is 1. The first-order valence-electron chi connectivity index (χ1n) is 15.1. The third kappa shape index (κ3) is 6.46. The standard InChI is InChI=1S/C32H51N3O2/c1-23-12-15-26-25(13-16-27-31(2,3)28(36)18-19-32(26,27)4)24(23)14-17-30(37)35-20-9-7-5-6-8-11-29-33-21-10-22-34-29/h10,21-22,25-28,36H,5-9,11-20H2,1-4H3,(H,35,37)/t25?,26?,27?,28-,32+/m0/s1. The van der Waals surface area contributed by atoms with Crippen LogP contribution in [0.15, 0.2) is 29.6 Å². The molecule has 3 aliphatic rings. The van der Waals surface area contributed by atoms with E-state index in [-0.39, 0.29) is 17.4 Å². The number of aliphatic hydroxyl groups excluding tert-OH is 1. The van der Waals surface area contributed by atoms with Crippen molar-refractivity contribution < 1.29 is 9.90 Å². The molecule has 0 aliphatic heterocycles. The van der Waals surface area contributed by atoms with E-state index in [0.29, 0.717) is 29.6 Å². The lowest BCUT2D eigenvalue weighted by molar-refractivity contribution is -0.149. The van der Waals surface area contributed by atoms with Gasteiger partial charge in [0.05, 0.1) is 6.10 Å². The van der Waals surface area contributed by atoms with Crippen molar-refractivity contribution in [3.05, 3.63) is 35.4 Å². The summed E-state index contributed by atoms with van der Waals surface area (Å²) in [6.07, 6.45) is 18.7. The molecule has 3 aliphatic carbocycles. The van der Waals surface area contributed by atoms with Gasteiger partial charge in [0.15, 0.2) is 0 Å². The molecule has 0 spiro atoms. The van der Waals surface area contributed by atoms with Crippen molar-refractivity contribution in [1.82, 2.24) is 15.3 Å². The number of aliphatic hydroxyl groups is 1. The Morgan fingerprint density at radius 1 is 1.00 bits per heavy atom. The van der Waals surface area contributed by atoms with Crippen LogP contribution in [0.2, 0.25) is 0 Å². The Morgan fingerprint density at radius 2 is 1.73 bits per heavy atom. The second kappa shape index (κ2) is 12.4. The predicted octanol–water partition coefficient (Wildman–Crippen LogP) is 6.81. The molecule has 37 heavy (non-hydrogen) atoms. The summed E-state index contributed by atoms with van der Waals surface area (Å²) < 4.78 is 0. The zero-order chi connectivity index (χ0) is 26.5. The van der Waals surface area contributed by atoms with E-state index in [9.17, 15) is 9.90 Å². The lowest BCUT2D eigenvalue weighted by atomic mass is 9.43. The number of aromatic nitrogens is 2. The van der Waals surface area contributed by atoms with Gasteiger partial charge >= 0.3 is 0 Å². The maximum atomic E-state index is 12.7. The first kappa shape index (κ1) is 28.3. The van der Waals surface area contributed by atoms with Crippen LogP contribution in [0, 0.1) is 28.6 Å². The van der Waals surface area contributed by atoms with Gasteiger partial charge in [0.25, 0.3) is 0 Å². The Kier molecular flexibility index (Phi) is 9.48. The van der Waals surface area contributed by atoms with Gasteiger partial charge in [-0.1, -0.05) is 51.2 Å². The largest absolute Gasteiger partial charge is 0.393 e. The molecule has 0 radical (unpaired) electrons. The van der Waals surface area contributed by atoms with Gasteiger partial charge in [0.2, 0.25) is 5.91 Å². The first-order chi connectivity index (χ1) is 17.7. The Hall–Kier alpha value is -1.75. The van der Waals surface area contributed by atoms with Crippen molar-refractivity contribution in [2.24, 2.45) is 28.6 Å². The normalized spacial score (nSPS) is 30.9. The highest BCUT2D eigenvalue weighted by atomic mass is 16.3. The second-order valence-corrected chi connectivity index (χ2v) is 13.1. The topological polar surface area (TPSA) is 75.1 Å². The first-order valence-corrected chi connectivity index (χ1v) is 15.1. The molecule has 0 saturated heterocycles. The number of rotatable bonds is 11. The third-order valence-electron chi connectivity index (χ3n) is 10.6. The minimum Gasteiger partial charge on any atom is -0.393 e. The number of allylic oxidation sites excluding steroid dienone is 2. The number of carbonyl (C=O) groups is 1. The summed E-state index contributed by atoms with van der Waals surface area (Å²) >= 11 is 0. The monoisotopic (exact) mass is 509 g/mol. The molecular formula is C32H51N3O2. The van der Waals surface area contributed by atoms with Crippen molar-refractivity contribution in [2.45, 2.75) is 124 Å². The van der Waals surface area contributed by atoms with E-state index < -0.39 is 0 Å². The molecule has 2 fully saturated rings. The number of unbranched alkanes of at least 4 members (excludes halogenated alkanes) is 4. The maximum Gasteiger partial charge on any atom is 0.220 e. The highest BCUT2D eigenvalue weighted by Crippen LogP contribution is 2.64. The molecule has 5 atom stereocenters. The number of nitrogens with one attached hydrogen (secondary N) is 1. The molecule has 1 amide bonds. The Morgan fingerprint density at radius 3 is 2.51 bits per heavy atom. The molecule has 2 N–H and O–H groups in total. The molecule has 3 unspecified atom stereocenters. The second-order valence-electron chi connectivity index (χ2n) is 13.1. The van der Waals surface area contributed by atoms with E-state index in [0.717, 1.165) is 57.3 Å². The lowest BCUT2D eigenvalue weighted by Gasteiger charge is -2.62. The molecular weight excluding hydrogens is 458 g/mol. The van der Waals surface area contributed by atoms with Gasteiger partial charge in [-0.2, -0.15) is 0 Å². The summed E-state index contributed by atoms with van der Waals surface area (Å²) in [5, 5.41) is 13.9. The van der Waals surface area contributed by atoms with Gasteiger partial charge in [-0.25, -0.2) is 9.97 Å². The van der Waals surface area contributed by atoms with Crippen LogP contribution < -0.4 is 5.32 Å². The number of hydrogen-bond acceptors (Lipinski definition) is 4. The molecule has 4 rings (SSSR count). The van der Waals surface area contributed by atoms with Crippen molar-refractivity contribution in [3.8, 4) is 0 Å². The molecule has 5 heteroatoms. The molecule has 1 aromatic heterocycles. The average molecular weight is 510 g/mol. The van der Waals surface area contributed by atoms with Crippen LogP contribution in [0.3, 0.4) is 0 Å². The Balaban J connectivity index is 1.18. The number of hydrogen-bond donors (Lipinski definition) is 2. The number of amides is 1. The summed E-state index contributed by atoms with van der Waals surface area (Å²) in [5.74, 6) is 3.08. The highest BCUT2D eigenvalue weighted by Gasteiger charge is 2.58.